The van der Waals surface area contributed by atoms with E-state index in [4.69, 9.17) is 4.43 Å². The third-order valence-electron chi connectivity index (χ3n) is 3.49. The van der Waals surface area contributed by atoms with Crippen molar-refractivity contribution in [3.05, 3.63) is 12.2 Å². The Morgan fingerprint density at radius 1 is 1.22 bits per heavy atom. The van der Waals surface area contributed by atoms with E-state index in [2.05, 4.69) is 50.8 Å². The van der Waals surface area contributed by atoms with E-state index in [9.17, 15) is 4.79 Å². The highest BCUT2D eigenvalue weighted by Gasteiger charge is 2.36. The summed E-state index contributed by atoms with van der Waals surface area (Å²) in [5.74, 6) is -0.138. The number of unbranched alkanes of at least 4 members (excludes halogenated alkanes) is 1. The molecule has 0 amide bonds. The van der Waals surface area contributed by atoms with E-state index in [0.717, 1.165) is 12.8 Å². The molecule has 0 unspecified atom stereocenters. The van der Waals surface area contributed by atoms with Gasteiger partial charge in [-0.2, -0.15) is 0 Å². The Labute approximate surface area is 113 Å². The minimum Gasteiger partial charge on any atom is -0.469 e. The molecule has 18 heavy (non-hydrogen) atoms. The topological polar surface area (TPSA) is 35.5 Å². The molecule has 0 spiro atoms. The van der Waals surface area contributed by atoms with Crippen LogP contribution in [0.3, 0.4) is 0 Å². The number of allylic oxidation sites excluding steroid dienone is 1. The van der Waals surface area contributed by atoms with Crippen LogP contribution < -0.4 is 0 Å². The molecule has 0 atom stereocenters. The van der Waals surface area contributed by atoms with E-state index < -0.39 is 8.32 Å². The number of hydrogen-bond acceptors (Lipinski definition) is 3. The van der Waals surface area contributed by atoms with Gasteiger partial charge in [0.25, 0.3) is 0 Å². The fourth-order valence-corrected chi connectivity index (χ4v) is 2.07. The average molecular weight is 272 g/mol. The van der Waals surface area contributed by atoms with Crippen molar-refractivity contribution >= 4 is 14.3 Å². The molecule has 0 saturated heterocycles. The molecule has 3 nitrogen and oxygen atoms in total. The highest BCUT2D eigenvalue weighted by atomic mass is 28.4. The van der Waals surface area contributed by atoms with Gasteiger partial charge in [-0.05, 0) is 31.0 Å². The first-order valence-corrected chi connectivity index (χ1v) is 9.47. The molecule has 0 aromatic carbocycles. The Hall–Kier alpha value is -0.613. The largest absolute Gasteiger partial charge is 0.469 e. The van der Waals surface area contributed by atoms with Crippen molar-refractivity contribution in [2.75, 3.05) is 13.7 Å². The first-order valence-electron chi connectivity index (χ1n) is 6.56. The summed E-state index contributed by atoms with van der Waals surface area (Å²) in [6.07, 6.45) is 6.36. The van der Waals surface area contributed by atoms with Crippen LogP contribution in [0.2, 0.25) is 18.1 Å². The first kappa shape index (κ1) is 17.4. The third kappa shape index (κ3) is 6.96. The number of carbonyl (C=O) groups excluding carboxylic acids is 1. The molecular formula is C14H28O3Si. The molecule has 0 aliphatic carbocycles. The lowest BCUT2D eigenvalue weighted by Crippen LogP contribution is -2.40. The zero-order chi connectivity index (χ0) is 14.2. The molecule has 4 heteroatoms. The third-order valence-corrected chi connectivity index (χ3v) is 7.99. The number of esters is 1. The smallest absolute Gasteiger partial charge is 0.305 e. The van der Waals surface area contributed by atoms with E-state index in [-0.39, 0.29) is 11.0 Å². The Bertz CT molecular complexity index is 277. The van der Waals surface area contributed by atoms with Crippen molar-refractivity contribution in [1.29, 1.82) is 0 Å². The maximum absolute atomic E-state index is 10.9. The van der Waals surface area contributed by atoms with Gasteiger partial charge >= 0.3 is 5.97 Å². The van der Waals surface area contributed by atoms with Crippen molar-refractivity contribution in [3.8, 4) is 0 Å². The monoisotopic (exact) mass is 272 g/mol. The van der Waals surface area contributed by atoms with Crippen LogP contribution >= 0.6 is 0 Å². The van der Waals surface area contributed by atoms with Gasteiger partial charge in [-0.25, -0.2) is 0 Å². The number of ether oxygens (including phenoxy) is 1. The molecule has 0 aliphatic rings. The molecule has 0 saturated carbocycles. The van der Waals surface area contributed by atoms with Gasteiger partial charge in [0.15, 0.2) is 8.32 Å². The van der Waals surface area contributed by atoms with Gasteiger partial charge in [0, 0.05) is 6.42 Å². The second-order valence-electron chi connectivity index (χ2n) is 6.01. The summed E-state index contributed by atoms with van der Waals surface area (Å²) in [5, 5.41) is 0.256. The maximum atomic E-state index is 10.9. The van der Waals surface area contributed by atoms with Crippen LogP contribution in [0.1, 0.15) is 40.0 Å². The summed E-state index contributed by atoms with van der Waals surface area (Å²) in [7, 11) is -0.201. The predicted molar refractivity (Wildman–Crippen MR) is 78.2 cm³/mol. The van der Waals surface area contributed by atoms with Crippen molar-refractivity contribution in [2.45, 2.75) is 58.2 Å². The average Bonchev–Trinajstić information content (AvgIpc) is 2.25. The van der Waals surface area contributed by atoms with Crippen LogP contribution in [0, 0.1) is 0 Å². The molecule has 0 fully saturated rings. The quantitative estimate of drug-likeness (QED) is 0.305. The van der Waals surface area contributed by atoms with Crippen LogP contribution in [0.5, 0.6) is 0 Å². The highest BCUT2D eigenvalue weighted by Crippen LogP contribution is 2.36. The predicted octanol–water partition coefficient (Wildman–Crippen LogP) is 3.91. The van der Waals surface area contributed by atoms with Crippen molar-refractivity contribution in [2.24, 2.45) is 0 Å². The molecule has 0 aromatic heterocycles. The van der Waals surface area contributed by atoms with Gasteiger partial charge in [0.2, 0.25) is 0 Å². The van der Waals surface area contributed by atoms with E-state index >= 15 is 0 Å². The lowest BCUT2D eigenvalue weighted by molar-refractivity contribution is -0.140. The van der Waals surface area contributed by atoms with Crippen LogP contribution in [0.15, 0.2) is 12.2 Å². The SMILES string of the molecule is COC(=O)CCC/C=C/CO[Si](C)(C)C(C)(C)C. The van der Waals surface area contributed by atoms with Gasteiger partial charge in [-0.3, -0.25) is 4.79 Å². The fraction of sp³-hybridized carbons (Fsp3) is 0.786. The fourth-order valence-electron chi connectivity index (χ4n) is 1.13. The molecule has 0 rings (SSSR count). The van der Waals surface area contributed by atoms with E-state index in [0.29, 0.717) is 13.0 Å². The normalized spacial score (nSPS) is 13.0. The lowest BCUT2D eigenvalue weighted by atomic mass is 10.2. The Morgan fingerprint density at radius 3 is 2.33 bits per heavy atom. The number of methoxy groups -OCH3 is 1. The maximum Gasteiger partial charge on any atom is 0.305 e. The molecule has 106 valence electrons. The van der Waals surface area contributed by atoms with Crippen LogP contribution in [0.25, 0.3) is 0 Å². The number of hydrogen-bond donors (Lipinski definition) is 0. The van der Waals surface area contributed by atoms with Gasteiger partial charge in [0.05, 0.1) is 13.7 Å². The van der Waals surface area contributed by atoms with Crippen LogP contribution in [-0.2, 0) is 14.0 Å². The Kier molecular flexibility index (Phi) is 7.48. The van der Waals surface area contributed by atoms with E-state index in [1.54, 1.807) is 0 Å². The lowest BCUT2D eigenvalue weighted by Gasteiger charge is -2.35. The summed E-state index contributed by atoms with van der Waals surface area (Å²) >= 11 is 0. The zero-order valence-corrected chi connectivity index (χ0v) is 13.7. The second kappa shape index (κ2) is 7.74. The molecule has 0 aliphatic heterocycles. The summed E-state index contributed by atoms with van der Waals surface area (Å²) in [6.45, 7) is 11.9. The standard InChI is InChI=1S/C14H28O3Si/c1-14(2,3)18(5,6)17-12-10-8-7-9-11-13(15)16-4/h8,10H,7,9,11-12H2,1-6H3/b10-8+. The first-order chi connectivity index (χ1) is 8.20. The zero-order valence-electron chi connectivity index (χ0n) is 12.7. The molecule has 0 heterocycles. The second-order valence-corrected chi connectivity index (χ2v) is 10.8. The van der Waals surface area contributed by atoms with Gasteiger partial charge in [-0.15, -0.1) is 0 Å². The summed E-state index contributed by atoms with van der Waals surface area (Å²) < 4.78 is 10.6. The molecular weight excluding hydrogens is 244 g/mol. The molecule has 0 radical (unpaired) electrons. The Balaban J connectivity index is 3.76. The minimum absolute atomic E-state index is 0.138. The molecule has 0 bridgehead atoms. The van der Waals surface area contributed by atoms with Gasteiger partial charge < -0.3 is 9.16 Å². The van der Waals surface area contributed by atoms with Crippen LogP contribution in [-0.4, -0.2) is 28.0 Å². The summed E-state index contributed by atoms with van der Waals surface area (Å²) in [6, 6.07) is 0. The van der Waals surface area contributed by atoms with E-state index in [1.807, 2.05) is 0 Å². The molecule has 0 aromatic rings. The molecule has 0 N–H and O–H groups in total. The Morgan fingerprint density at radius 2 is 1.83 bits per heavy atom. The van der Waals surface area contributed by atoms with Gasteiger partial charge in [-0.1, -0.05) is 32.9 Å². The van der Waals surface area contributed by atoms with Crippen molar-refractivity contribution < 1.29 is 14.0 Å². The van der Waals surface area contributed by atoms with Gasteiger partial charge in [0.1, 0.15) is 0 Å². The van der Waals surface area contributed by atoms with Crippen molar-refractivity contribution in [3.63, 3.8) is 0 Å². The summed E-state index contributed by atoms with van der Waals surface area (Å²) in [5.41, 5.74) is 0. The highest BCUT2D eigenvalue weighted by molar-refractivity contribution is 6.74. The number of rotatable bonds is 7. The van der Waals surface area contributed by atoms with E-state index in [1.165, 1.54) is 7.11 Å². The summed E-state index contributed by atoms with van der Waals surface area (Å²) in [4.78, 5) is 10.9. The number of carbonyl (C=O) groups is 1. The minimum atomic E-state index is -1.62. The van der Waals surface area contributed by atoms with Crippen LogP contribution in [0.4, 0.5) is 0 Å². The van der Waals surface area contributed by atoms with Crippen molar-refractivity contribution in [1.82, 2.24) is 0 Å².